The predicted octanol–water partition coefficient (Wildman–Crippen LogP) is 7.42. The molecule has 0 bridgehead atoms. The number of amides is 1. The zero-order valence-electron chi connectivity index (χ0n) is 16.4. The highest BCUT2D eigenvalue weighted by molar-refractivity contribution is 8.27. The Morgan fingerprint density at radius 2 is 1.47 bits per heavy atom. The van der Waals surface area contributed by atoms with Gasteiger partial charge in [0.2, 0.25) is 0 Å². The van der Waals surface area contributed by atoms with Crippen molar-refractivity contribution >= 4 is 67.5 Å². The molecule has 0 unspecified atom stereocenters. The topological polar surface area (TPSA) is 20.3 Å². The van der Waals surface area contributed by atoms with E-state index in [2.05, 4.69) is 6.07 Å². The molecule has 0 spiro atoms. The van der Waals surface area contributed by atoms with Gasteiger partial charge in [0.1, 0.15) is 0 Å². The van der Waals surface area contributed by atoms with Crippen LogP contribution in [0.3, 0.4) is 0 Å². The number of benzene rings is 4. The lowest BCUT2D eigenvalue weighted by molar-refractivity contribution is -0.137. The van der Waals surface area contributed by atoms with E-state index >= 15 is 0 Å². The van der Waals surface area contributed by atoms with Gasteiger partial charge >= 0.3 is 6.18 Å². The molecule has 1 saturated heterocycles. The van der Waals surface area contributed by atoms with E-state index in [9.17, 15) is 18.0 Å². The van der Waals surface area contributed by atoms with Gasteiger partial charge in [-0.3, -0.25) is 9.69 Å². The summed E-state index contributed by atoms with van der Waals surface area (Å²) in [5, 5.41) is 4.03. The highest BCUT2D eigenvalue weighted by Crippen LogP contribution is 2.40. The molecule has 5 rings (SSSR count). The second-order valence-electron chi connectivity index (χ2n) is 7.30. The number of thioether (sulfide) groups is 1. The Labute approximate surface area is 191 Å². The Morgan fingerprint density at radius 1 is 0.844 bits per heavy atom. The molecule has 0 atom stereocenters. The van der Waals surface area contributed by atoms with Crippen molar-refractivity contribution < 1.29 is 18.0 Å². The molecule has 4 aromatic carbocycles. The highest BCUT2D eigenvalue weighted by atomic mass is 32.2. The van der Waals surface area contributed by atoms with E-state index in [-0.39, 0.29) is 10.0 Å². The number of alkyl halides is 3. The third kappa shape index (κ3) is 3.57. The zero-order chi connectivity index (χ0) is 22.5. The van der Waals surface area contributed by atoms with Crippen LogP contribution in [0.2, 0.25) is 0 Å². The van der Waals surface area contributed by atoms with Gasteiger partial charge in [-0.25, -0.2) is 0 Å². The summed E-state index contributed by atoms with van der Waals surface area (Å²) in [7, 11) is 0. The molecular formula is C25H14F3NOS2. The molecule has 4 aromatic rings. The molecule has 0 aromatic heterocycles. The van der Waals surface area contributed by atoms with E-state index in [1.165, 1.54) is 12.1 Å². The van der Waals surface area contributed by atoms with Gasteiger partial charge < -0.3 is 0 Å². The summed E-state index contributed by atoms with van der Waals surface area (Å²) in [5.74, 6) is -0.434. The minimum atomic E-state index is -4.51. The maximum atomic E-state index is 13.2. The van der Waals surface area contributed by atoms with Gasteiger partial charge in [-0.05, 0) is 57.4 Å². The van der Waals surface area contributed by atoms with E-state index in [4.69, 9.17) is 12.2 Å². The van der Waals surface area contributed by atoms with Gasteiger partial charge in [-0.1, -0.05) is 78.6 Å². The summed E-state index contributed by atoms with van der Waals surface area (Å²) >= 11 is 6.46. The van der Waals surface area contributed by atoms with Crippen molar-refractivity contribution in [3.63, 3.8) is 0 Å². The Balaban J connectivity index is 1.63. The van der Waals surface area contributed by atoms with Crippen LogP contribution in [0.4, 0.5) is 18.9 Å². The number of carbonyl (C=O) groups excluding carboxylic acids is 1. The number of thiocarbonyl (C=S) groups is 1. The first-order valence-electron chi connectivity index (χ1n) is 9.69. The number of carbonyl (C=O) groups is 1. The van der Waals surface area contributed by atoms with Crippen molar-refractivity contribution in [1.82, 2.24) is 0 Å². The fourth-order valence-electron chi connectivity index (χ4n) is 3.85. The van der Waals surface area contributed by atoms with E-state index in [0.29, 0.717) is 4.91 Å². The van der Waals surface area contributed by atoms with Crippen LogP contribution >= 0.6 is 24.0 Å². The average molecular weight is 466 g/mol. The molecule has 1 heterocycles. The molecular weight excluding hydrogens is 451 g/mol. The fraction of sp³-hybridized carbons (Fsp3) is 0.0400. The normalized spacial score (nSPS) is 16.0. The van der Waals surface area contributed by atoms with Crippen LogP contribution in [-0.4, -0.2) is 10.2 Å². The molecule has 7 heteroatoms. The van der Waals surface area contributed by atoms with Crippen molar-refractivity contribution in [3.05, 3.63) is 94.9 Å². The van der Waals surface area contributed by atoms with E-state index < -0.39 is 17.6 Å². The maximum absolute atomic E-state index is 13.2. The summed E-state index contributed by atoms with van der Waals surface area (Å²) in [6.07, 6.45) is -2.72. The SMILES string of the molecule is O=C1/C(=C/c2c3ccccc3cc3ccccc23)SC(=S)N1c1cccc(C(F)(F)F)c1. The van der Waals surface area contributed by atoms with Crippen LogP contribution in [0.1, 0.15) is 11.1 Å². The molecule has 32 heavy (non-hydrogen) atoms. The highest BCUT2D eigenvalue weighted by Gasteiger charge is 2.36. The molecule has 2 nitrogen and oxygen atoms in total. The lowest BCUT2D eigenvalue weighted by Gasteiger charge is -2.16. The Kier molecular flexibility index (Phi) is 5.03. The van der Waals surface area contributed by atoms with Gasteiger partial charge in [0, 0.05) is 0 Å². The summed E-state index contributed by atoms with van der Waals surface area (Å²) in [5.41, 5.74) is 0.157. The summed E-state index contributed by atoms with van der Waals surface area (Å²) < 4.78 is 39.7. The van der Waals surface area contributed by atoms with Crippen LogP contribution in [-0.2, 0) is 11.0 Å². The van der Waals surface area contributed by atoms with Gasteiger partial charge in [0.25, 0.3) is 5.91 Å². The van der Waals surface area contributed by atoms with Gasteiger partial charge in [-0.2, -0.15) is 13.2 Å². The number of hydrogen-bond acceptors (Lipinski definition) is 3. The first kappa shape index (κ1) is 20.7. The standard InChI is InChI=1S/C25H14F3NOS2/c26-25(27,28)17-8-5-9-18(13-17)29-23(30)22(32-24(29)31)14-21-19-10-3-1-6-15(19)12-16-7-2-4-11-20(16)21/h1-14H/b22-14-. The molecule has 158 valence electrons. The quantitative estimate of drug-likeness (QED) is 0.175. The molecule has 0 saturated carbocycles. The Bertz CT molecular complexity index is 1390. The van der Waals surface area contributed by atoms with E-state index in [0.717, 1.165) is 55.9 Å². The lowest BCUT2D eigenvalue weighted by atomic mass is 9.96. The van der Waals surface area contributed by atoms with Crippen molar-refractivity contribution in [2.45, 2.75) is 6.18 Å². The zero-order valence-corrected chi connectivity index (χ0v) is 18.0. The molecule has 0 N–H and O–H groups in total. The maximum Gasteiger partial charge on any atom is 0.416 e. The molecule has 0 radical (unpaired) electrons. The van der Waals surface area contributed by atoms with Gasteiger partial charge in [0.05, 0.1) is 16.2 Å². The molecule has 0 aliphatic carbocycles. The largest absolute Gasteiger partial charge is 0.416 e. The minimum absolute atomic E-state index is 0.105. The fourth-order valence-corrected chi connectivity index (χ4v) is 5.13. The Hall–Kier alpha value is -3.16. The minimum Gasteiger partial charge on any atom is -0.268 e. The van der Waals surface area contributed by atoms with Gasteiger partial charge in [0.15, 0.2) is 4.32 Å². The smallest absolute Gasteiger partial charge is 0.268 e. The number of rotatable bonds is 2. The number of fused-ring (bicyclic) bond motifs is 2. The van der Waals surface area contributed by atoms with Crippen molar-refractivity contribution in [2.75, 3.05) is 4.90 Å². The van der Waals surface area contributed by atoms with Crippen molar-refractivity contribution in [3.8, 4) is 0 Å². The van der Waals surface area contributed by atoms with Crippen molar-refractivity contribution in [2.24, 2.45) is 0 Å². The third-order valence-electron chi connectivity index (χ3n) is 5.31. The monoisotopic (exact) mass is 465 g/mol. The summed E-state index contributed by atoms with van der Waals surface area (Å²) in [6.45, 7) is 0. The van der Waals surface area contributed by atoms with Crippen LogP contribution in [0, 0.1) is 0 Å². The lowest BCUT2D eigenvalue weighted by Crippen LogP contribution is -2.27. The second-order valence-corrected chi connectivity index (χ2v) is 8.97. The van der Waals surface area contributed by atoms with E-state index in [1.54, 1.807) is 6.08 Å². The second kappa shape index (κ2) is 7.76. The van der Waals surface area contributed by atoms with Crippen LogP contribution in [0.25, 0.3) is 27.6 Å². The van der Waals surface area contributed by atoms with Crippen LogP contribution in [0.15, 0.2) is 83.8 Å². The van der Waals surface area contributed by atoms with E-state index in [1.807, 2.05) is 48.5 Å². The number of nitrogens with zero attached hydrogens (tertiary/aromatic N) is 1. The first-order chi connectivity index (χ1) is 15.3. The summed E-state index contributed by atoms with van der Waals surface area (Å²) in [4.78, 5) is 14.8. The van der Waals surface area contributed by atoms with Crippen LogP contribution in [0.5, 0.6) is 0 Å². The number of anilines is 1. The first-order valence-corrected chi connectivity index (χ1v) is 10.9. The molecule has 1 fully saturated rings. The number of halogens is 3. The summed E-state index contributed by atoms with van der Waals surface area (Å²) in [6, 6.07) is 22.5. The molecule has 1 aliphatic heterocycles. The van der Waals surface area contributed by atoms with Gasteiger partial charge in [-0.15, -0.1) is 0 Å². The number of hydrogen-bond donors (Lipinski definition) is 0. The third-order valence-corrected chi connectivity index (χ3v) is 6.62. The Morgan fingerprint density at radius 3 is 2.09 bits per heavy atom. The average Bonchev–Trinajstić information content (AvgIpc) is 3.06. The van der Waals surface area contributed by atoms with Crippen LogP contribution < -0.4 is 4.90 Å². The molecule has 1 amide bonds. The molecule has 1 aliphatic rings. The van der Waals surface area contributed by atoms with Crippen molar-refractivity contribution in [1.29, 1.82) is 0 Å². The predicted molar refractivity (Wildman–Crippen MR) is 129 cm³/mol.